The van der Waals surface area contributed by atoms with Gasteiger partial charge in [0, 0.05) is 32.1 Å². The van der Waals surface area contributed by atoms with Crippen molar-refractivity contribution in [3.63, 3.8) is 0 Å². The van der Waals surface area contributed by atoms with E-state index in [-0.39, 0.29) is 35.7 Å². The van der Waals surface area contributed by atoms with Gasteiger partial charge in [-0.2, -0.15) is 0 Å². The third kappa shape index (κ3) is 16.3. The number of carbonyl (C=O) groups excluding carboxylic acids is 4. The summed E-state index contributed by atoms with van der Waals surface area (Å²) in [5.41, 5.74) is 7.29. The number of carbonyl (C=O) groups is 4. The van der Waals surface area contributed by atoms with Crippen molar-refractivity contribution < 1.29 is 28.7 Å². The molecule has 0 amide bonds. The maximum atomic E-state index is 12.4. The van der Waals surface area contributed by atoms with E-state index in [1.807, 2.05) is 12.2 Å². The molecule has 17 atom stereocenters. The molecule has 0 N–H and O–H groups in total. The molecule has 1 aromatic rings. The van der Waals surface area contributed by atoms with Crippen LogP contribution in [-0.2, 0) is 28.7 Å². The number of rotatable bonds is 22. The zero-order chi connectivity index (χ0) is 61.1. The van der Waals surface area contributed by atoms with E-state index >= 15 is 0 Å². The molecular weight excluding hydrogens is 1030 g/mol. The second-order valence-corrected chi connectivity index (χ2v) is 31.7. The summed E-state index contributed by atoms with van der Waals surface area (Å²) in [7, 11) is 0. The van der Waals surface area contributed by atoms with Crippen LogP contribution in [-0.4, -0.2) is 35.7 Å². The average Bonchev–Trinajstić information content (AvgIpc) is 1.39. The highest BCUT2D eigenvalue weighted by Gasteiger charge is 2.62. The number of Topliss-reactive ketones (excluding diaryl/α,β-unsaturated/α-hetero) is 2. The summed E-state index contributed by atoms with van der Waals surface area (Å²) in [5.74, 6) is 11.3. The summed E-state index contributed by atoms with van der Waals surface area (Å²) in [6.07, 6.45) is 39.8. The van der Waals surface area contributed by atoms with Crippen molar-refractivity contribution in [3.05, 3.63) is 65.8 Å². The highest BCUT2D eigenvalue weighted by molar-refractivity contribution is 5.77. The molecule has 0 saturated heterocycles. The Hall–Kier alpha value is -3.28. The van der Waals surface area contributed by atoms with Crippen molar-refractivity contribution in [2.75, 3.05) is 0 Å². The molecule has 84 heavy (non-hydrogen) atoms. The summed E-state index contributed by atoms with van der Waals surface area (Å²) in [5, 5.41) is 0. The first kappa shape index (κ1) is 68.2. The Morgan fingerprint density at radius 3 is 1.63 bits per heavy atom. The molecule has 17 unspecified atom stereocenters. The topological polar surface area (TPSA) is 86.7 Å². The quantitative estimate of drug-likeness (QED) is 0.0653. The van der Waals surface area contributed by atoms with Gasteiger partial charge in [0.05, 0.1) is 0 Å². The second kappa shape index (κ2) is 30.3. The monoisotopic (exact) mass is 1160 g/mol. The number of hydrogen-bond donors (Lipinski definition) is 0. The maximum Gasteiger partial charge on any atom is 0.306 e. The zero-order valence-corrected chi connectivity index (χ0v) is 56.4. The van der Waals surface area contributed by atoms with E-state index in [1.54, 1.807) is 19.4 Å². The molecule has 6 nitrogen and oxygen atoms in total. The lowest BCUT2D eigenvalue weighted by Gasteiger charge is -2.61. The number of ketones is 2. The first-order valence-corrected chi connectivity index (χ1v) is 35.3. The lowest BCUT2D eigenvalue weighted by molar-refractivity contribution is -0.163. The fourth-order valence-corrected chi connectivity index (χ4v) is 20.8. The first-order valence-electron chi connectivity index (χ1n) is 35.3. The summed E-state index contributed by atoms with van der Waals surface area (Å²) < 4.78 is 11.8. The minimum atomic E-state index is -0.118. The van der Waals surface area contributed by atoms with Crippen LogP contribution in [0.25, 0.3) is 5.57 Å². The fourth-order valence-electron chi connectivity index (χ4n) is 20.8. The van der Waals surface area contributed by atoms with E-state index in [9.17, 15) is 19.2 Å². The molecule has 0 spiro atoms. The van der Waals surface area contributed by atoms with Gasteiger partial charge in [0.1, 0.15) is 23.8 Å². The van der Waals surface area contributed by atoms with E-state index in [4.69, 9.17) is 9.47 Å². The van der Waals surface area contributed by atoms with Crippen molar-refractivity contribution in [2.45, 2.75) is 295 Å². The molecule has 7 fully saturated rings. The van der Waals surface area contributed by atoms with E-state index in [1.165, 1.54) is 132 Å². The van der Waals surface area contributed by atoms with Crippen LogP contribution < -0.4 is 0 Å². The van der Waals surface area contributed by atoms with Gasteiger partial charge in [-0.3, -0.25) is 9.59 Å². The summed E-state index contributed by atoms with van der Waals surface area (Å²) in [6.45, 7) is 36.2. The lowest BCUT2D eigenvalue weighted by atomic mass is 9.44. The lowest BCUT2D eigenvalue weighted by Crippen LogP contribution is -2.54. The second-order valence-electron chi connectivity index (χ2n) is 31.7. The van der Waals surface area contributed by atoms with Gasteiger partial charge in [-0.15, -0.1) is 0 Å². The van der Waals surface area contributed by atoms with Gasteiger partial charge in [-0.1, -0.05) is 162 Å². The molecule has 472 valence electrons. The largest absolute Gasteiger partial charge is 0.462 e. The number of fused-ring (bicyclic) bond motifs is 10. The van der Waals surface area contributed by atoms with Crippen LogP contribution in [0, 0.1) is 106 Å². The number of allylic oxidation sites excluding steroid dienone is 4. The predicted molar refractivity (Wildman–Crippen MR) is 350 cm³/mol. The van der Waals surface area contributed by atoms with Crippen LogP contribution in [0.15, 0.2) is 54.6 Å². The summed E-state index contributed by atoms with van der Waals surface area (Å²) in [4.78, 5) is 47.1. The number of hydrogen-bond acceptors (Lipinski definition) is 6. The average molecular weight is 1160 g/mol. The zero-order valence-electron chi connectivity index (χ0n) is 56.4. The van der Waals surface area contributed by atoms with Crippen LogP contribution in [0.2, 0.25) is 0 Å². The Bertz CT molecular complexity index is 2410. The van der Waals surface area contributed by atoms with E-state index in [2.05, 4.69) is 120 Å². The highest BCUT2D eigenvalue weighted by atomic mass is 16.5. The minimum absolute atomic E-state index is 0.0297. The standard InChI is InChI=1S/C33H56O3.C33H54O3.C12H14/c2*1-22(2)9-7-10-23(3)28-15-16-29-27-14-13-25-21-26(36-31(35)12-8-11-24(4)34)17-19-32(25,5)30(27)18-20-33(28,29)6;1-4-7-10(2)12-9-6-5-8-11(12)3/h22-23,25-30H,7-21H2,1-6H3;13,22-23,26-30H,7-12,14-21H2,1-6H3;4-9H,1H2,2-3H3/b;;10-7+. The third-order valence-electron chi connectivity index (χ3n) is 25.4. The van der Waals surface area contributed by atoms with Crippen LogP contribution in [0.1, 0.15) is 287 Å². The van der Waals surface area contributed by atoms with Gasteiger partial charge in [-0.25, -0.2) is 0 Å². The van der Waals surface area contributed by atoms with Crippen molar-refractivity contribution in [3.8, 4) is 0 Å². The Balaban J connectivity index is 0.000000202. The molecule has 9 rings (SSSR count). The van der Waals surface area contributed by atoms with Gasteiger partial charge in [0.2, 0.25) is 0 Å². The van der Waals surface area contributed by atoms with Crippen LogP contribution in [0.3, 0.4) is 0 Å². The molecule has 7 saturated carbocycles. The molecule has 8 aliphatic rings. The fraction of sp³-hybridized carbons (Fsp3) is 0.795. The normalized spacial score (nSPS) is 35.6. The Kier molecular flexibility index (Phi) is 24.6. The molecular formula is C78H124O6. The van der Waals surface area contributed by atoms with Crippen LogP contribution in [0.4, 0.5) is 0 Å². The molecule has 0 bridgehead atoms. The predicted octanol–water partition coefficient (Wildman–Crippen LogP) is 21.1. The molecule has 0 heterocycles. The number of ether oxygens (including phenoxy) is 2. The van der Waals surface area contributed by atoms with Crippen LogP contribution >= 0.6 is 0 Å². The molecule has 1 aromatic carbocycles. The summed E-state index contributed by atoms with van der Waals surface area (Å²) >= 11 is 0. The molecule has 0 aliphatic heterocycles. The van der Waals surface area contributed by atoms with Crippen molar-refractivity contribution in [1.82, 2.24) is 0 Å². The highest BCUT2D eigenvalue weighted by Crippen LogP contribution is 2.70. The molecule has 6 heteroatoms. The SMILES string of the molecule is C=C/C=C(\C)c1ccccc1C.CC(=O)CCCC(=O)OC1CCC2(C)C(=CCC3C2CCC2(C)C(C(C)CCCC(C)C)CCC32)C1.CC(=O)CCCC(=O)OC1CCC2(C)C(CCC3C2CCC2(C)C(C(C)CCCC(C)C)CCC32)C1. The Morgan fingerprint density at radius 1 is 0.571 bits per heavy atom. The molecule has 0 aromatic heterocycles. The van der Waals surface area contributed by atoms with Gasteiger partial charge >= 0.3 is 11.9 Å². The Morgan fingerprint density at radius 2 is 1.08 bits per heavy atom. The van der Waals surface area contributed by atoms with Crippen LogP contribution in [0.5, 0.6) is 0 Å². The smallest absolute Gasteiger partial charge is 0.306 e. The number of aryl methyl sites for hydroxylation is 1. The van der Waals surface area contributed by atoms with Crippen molar-refractivity contribution >= 4 is 29.1 Å². The van der Waals surface area contributed by atoms with Gasteiger partial charge in [0.15, 0.2) is 0 Å². The van der Waals surface area contributed by atoms with Gasteiger partial charge < -0.3 is 19.1 Å². The first-order chi connectivity index (χ1) is 39.8. The minimum Gasteiger partial charge on any atom is -0.462 e. The molecule has 8 aliphatic carbocycles. The number of benzene rings is 1. The van der Waals surface area contributed by atoms with E-state index < -0.39 is 0 Å². The summed E-state index contributed by atoms with van der Waals surface area (Å²) in [6, 6.07) is 8.36. The molecule has 0 radical (unpaired) electrons. The van der Waals surface area contributed by atoms with Crippen molar-refractivity contribution in [1.29, 1.82) is 0 Å². The Labute approximate surface area is 514 Å². The van der Waals surface area contributed by atoms with E-state index in [0.29, 0.717) is 66.1 Å². The van der Waals surface area contributed by atoms with E-state index in [0.717, 1.165) is 103 Å². The van der Waals surface area contributed by atoms with Gasteiger partial charge in [-0.05, 0) is 259 Å². The third-order valence-corrected chi connectivity index (χ3v) is 25.4. The van der Waals surface area contributed by atoms with Crippen molar-refractivity contribution in [2.24, 2.45) is 98.6 Å². The number of esters is 2. The maximum absolute atomic E-state index is 12.4. The van der Waals surface area contributed by atoms with Gasteiger partial charge in [0.25, 0.3) is 0 Å².